The Balaban J connectivity index is 1.39. The highest BCUT2D eigenvalue weighted by Gasteiger charge is 2.46. The number of piperazine rings is 1. The predicted octanol–water partition coefficient (Wildman–Crippen LogP) is 1.66. The molecule has 0 radical (unpaired) electrons. The van der Waals surface area contributed by atoms with Crippen LogP contribution in [0.1, 0.15) is 10.4 Å². The van der Waals surface area contributed by atoms with Crippen molar-refractivity contribution < 1.29 is 28.5 Å². The molecule has 0 aliphatic carbocycles. The molecule has 3 N–H and O–H groups in total. The summed E-state index contributed by atoms with van der Waals surface area (Å²) in [6, 6.07) is 9.61. The first-order chi connectivity index (χ1) is 15.9. The van der Waals surface area contributed by atoms with Gasteiger partial charge in [0, 0.05) is 44.0 Å². The summed E-state index contributed by atoms with van der Waals surface area (Å²) >= 11 is 5.76. The van der Waals surface area contributed by atoms with Gasteiger partial charge in [-0.15, -0.1) is 0 Å². The number of hydrogen-bond donors (Lipinski definition) is 3. The average molecular weight is 482 g/mol. The maximum absolute atomic E-state index is 13.4. The molecule has 33 heavy (non-hydrogen) atoms. The number of halogens is 3. The van der Waals surface area contributed by atoms with E-state index in [4.69, 9.17) is 16.3 Å². The molecule has 4 unspecified atom stereocenters. The molecule has 2 saturated heterocycles. The molecule has 10 heteroatoms. The van der Waals surface area contributed by atoms with Gasteiger partial charge in [-0.1, -0.05) is 11.6 Å². The maximum Gasteiger partial charge on any atom is 0.251 e. The monoisotopic (exact) mass is 481 g/mol. The molecule has 7 nitrogen and oxygen atoms in total. The third kappa shape index (κ3) is 5.28. The molecule has 2 aromatic rings. The van der Waals surface area contributed by atoms with Gasteiger partial charge in [0.15, 0.2) is 0 Å². The Morgan fingerprint density at radius 3 is 2.42 bits per heavy atom. The van der Waals surface area contributed by atoms with Crippen molar-refractivity contribution in [3.05, 3.63) is 64.7 Å². The van der Waals surface area contributed by atoms with E-state index in [0.717, 1.165) is 11.8 Å². The summed E-state index contributed by atoms with van der Waals surface area (Å²) in [7, 11) is 0. The zero-order valence-corrected chi connectivity index (χ0v) is 18.6. The van der Waals surface area contributed by atoms with E-state index in [1.807, 2.05) is 0 Å². The van der Waals surface area contributed by atoms with Crippen LogP contribution in [0.15, 0.2) is 42.5 Å². The van der Waals surface area contributed by atoms with Crippen LogP contribution >= 0.6 is 11.6 Å². The molecule has 2 heterocycles. The van der Waals surface area contributed by atoms with Crippen molar-refractivity contribution in [3.63, 3.8) is 0 Å². The number of hydrogen-bond acceptors (Lipinski definition) is 6. The smallest absolute Gasteiger partial charge is 0.251 e. The Morgan fingerprint density at radius 2 is 1.79 bits per heavy atom. The SMILES string of the molecule is O=C(NCC1OC(CO)C(O)C1N1CCN(c2ccc(F)cc2)CC1)c1ccc(F)c(Cl)c1. The van der Waals surface area contributed by atoms with Gasteiger partial charge in [-0.2, -0.15) is 0 Å². The van der Waals surface area contributed by atoms with Crippen LogP contribution in [0.5, 0.6) is 0 Å². The molecular formula is C23H26ClF2N3O4. The lowest BCUT2D eigenvalue weighted by Crippen LogP contribution is -2.57. The fraction of sp³-hybridized carbons (Fsp3) is 0.435. The van der Waals surface area contributed by atoms with Crippen LogP contribution in [0.4, 0.5) is 14.5 Å². The third-order valence-electron chi connectivity index (χ3n) is 6.21. The second-order valence-electron chi connectivity index (χ2n) is 8.22. The van der Waals surface area contributed by atoms with E-state index >= 15 is 0 Å². The van der Waals surface area contributed by atoms with Gasteiger partial charge < -0.3 is 25.2 Å². The third-order valence-corrected chi connectivity index (χ3v) is 6.50. The minimum atomic E-state index is -0.922. The molecule has 2 aliphatic rings. The molecule has 4 atom stereocenters. The number of rotatable bonds is 6. The van der Waals surface area contributed by atoms with Gasteiger partial charge in [-0.25, -0.2) is 8.78 Å². The molecule has 4 rings (SSSR count). The van der Waals surface area contributed by atoms with E-state index in [1.54, 1.807) is 12.1 Å². The molecule has 2 aromatic carbocycles. The van der Waals surface area contributed by atoms with Crippen molar-refractivity contribution in [1.82, 2.24) is 10.2 Å². The first-order valence-corrected chi connectivity index (χ1v) is 11.2. The molecule has 0 bridgehead atoms. The number of carbonyl (C=O) groups excluding carboxylic acids is 1. The lowest BCUT2D eigenvalue weighted by molar-refractivity contribution is -0.0209. The summed E-state index contributed by atoms with van der Waals surface area (Å²) in [6.45, 7) is 2.35. The molecular weight excluding hydrogens is 456 g/mol. The topological polar surface area (TPSA) is 85.3 Å². The number of nitrogens with one attached hydrogen (secondary N) is 1. The van der Waals surface area contributed by atoms with Crippen LogP contribution in [0, 0.1) is 11.6 Å². The molecule has 2 aliphatic heterocycles. The number of amides is 1. The summed E-state index contributed by atoms with van der Waals surface area (Å²) in [5.41, 5.74) is 1.14. The van der Waals surface area contributed by atoms with Crippen LogP contribution in [0.25, 0.3) is 0 Å². The second-order valence-corrected chi connectivity index (χ2v) is 8.62. The Hall–Kier alpha value is -2.30. The lowest BCUT2D eigenvalue weighted by atomic mass is 10.0. The van der Waals surface area contributed by atoms with E-state index in [-0.39, 0.29) is 29.6 Å². The van der Waals surface area contributed by atoms with Gasteiger partial charge in [0.25, 0.3) is 5.91 Å². The Bertz CT molecular complexity index is 973. The summed E-state index contributed by atoms with van der Waals surface area (Å²) < 4.78 is 32.4. The number of anilines is 1. The fourth-order valence-corrected chi connectivity index (χ4v) is 4.64. The van der Waals surface area contributed by atoms with Crippen molar-refractivity contribution >= 4 is 23.2 Å². The van der Waals surface area contributed by atoms with Gasteiger partial charge in [0.1, 0.15) is 23.8 Å². The van der Waals surface area contributed by atoms with Gasteiger partial charge in [0.2, 0.25) is 0 Å². The highest BCUT2D eigenvalue weighted by atomic mass is 35.5. The van der Waals surface area contributed by atoms with Crippen LogP contribution in [-0.4, -0.2) is 84.7 Å². The van der Waals surface area contributed by atoms with Crippen LogP contribution in [0.3, 0.4) is 0 Å². The molecule has 178 valence electrons. The van der Waals surface area contributed by atoms with E-state index in [2.05, 4.69) is 15.1 Å². The standard InChI is InChI=1S/C23H26ClF2N3O4/c24-17-11-14(1-6-18(17)26)23(32)27-12-19-21(22(31)20(13-30)33-19)29-9-7-28(8-10-29)16-4-2-15(25)3-5-16/h1-6,11,19-22,30-31H,7-10,12-13H2,(H,27,32). The molecule has 0 spiro atoms. The second kappa shape index (κ2) is 10.3. The molecule has 2 fully saturated rings. The van der Waals surface area contributed by atoms with E-state index in [0.29, 0.717) is 26.2 Å². The first-order valence-electron chi connectivity index (χ1n) is 10.8. The van der Waals surface area contributed by atoms with Crippen molar-refractivity contribution in [1.29, 1.82) is 0 Å². The van der Waals surface area contributed by atoms with Crippen molar-refractivity contribution in [3.8, 4) is 0 Å². The highest BCUT2D eigenvalue weighted by molar-refractivity contribution is 6.31. The largest absolute Gasteiger partial charge is 0.394 e. The van der Waals surface area contributed by atoms with Crippen molar-refractivity contribution in [2.24, 2.45) is 0 Å². The van der Waals surface area contributed by atoms with Gasteiger partial charge in [-0.3, -0.25) is 9.69 Å². The van der Waals surface area contributed by atoms with E-state index in [9.17, 15) is 23.8 Å². The number of nitrogens with zero attached hydrogens (tertiary/aromatic N) is 2. The normalized spacial score (nSPS) is 25.9. The quantitative estimate of drug-likeness (QED) is 0.582. The Kier molecular flexibility index (Phi) is 7.45. The first kappa shape index (κ1) is 23.8. The number of carbonyl (C=O) groups is 1. The summed E-state index contributed by atoms with van der Waals surface area (Å²) in [4.78, 5) is 16.7. The number of aliphatic hydroxyl groups excluding tert-OH is 2. The molecule has 0 aromatic heterocycles. The van der Waals surface area contributed by atoms with Gasteiger partial charge in [-0.05, 0) is 42.5 Å². The maximum atomic E-state index is 13.4. The highest BCUT2D eigenvalue weighted by Crippen LogP contribution is 2.28. The minimum absolute atomic E-state index is 0.101. The fourth-order valence-electron chi connectivity index (χ4n) is 4.46. The summed E-state index contributed by atoms with van der Waals surface area (Å²) in [6.07, 6.45) is -2.23. The average Bonchev–Trinajstić information content (AvgIpc) is 3.15. The number of aliphatic hydroxyl groups is 2. The Labute approximate surface area is 195 Å². The van der Waals surface area contributed by atoms with Crippen molar-refractivity contribution in [2.75, 3.05) is 44.2 Å². The zero-order chi connectivity index (χ0) is 23.5. The minimum Gasteiger partial charge on any atom is -0.394 e. The summed E-state index contributed by atoms with van der Waals surface area (Å²) in [5.74, 6) is -1.34. The summed E-state index contributed by atoms with van der Waals surface area (Å²) in [5, 5.41) is 23.0. The zero-order valence-electron chi connectivity index (χ0n) is 17.8. The number of ether oxygens (including phenoxy) is 1. The lowest BCUT2D eigenvalue weighted by Gasteiger charge is -2.41. The van der Waals surface area contributed by atoms with Gasteiger partial charge >= 0.3 is 0 Å². The molecule has 0 saturated carbocycles. The van der Waals surface area contributed by atoms with Crippen LogP contribution < -0.4 is 10.2 Å². The van der Waals surface area contributed by atoms with E-state index in [1.165, 1.54) is 24.3 Å². The van der Waals surface area contributed by atoms with Crippen LogP contribution in [-0.2, 0) is 4.74 Å². The van der Waals surface area contributed by atoms with Crippen molar-refractivity contribution in [2.45, 2.75) is 24.4 Å². The Morgan fingerprint density at radius 1 is 1.09 bits per heavy atom. The van der Waals surface area contributed by atoms with Gasteiger partial charge in [0.05, 0.1) is 23.8 Å². The van der Waals surface area contributed by atoms with E-state index < -0.39 is 36.1 Å². The van der Waals surface area contributed by atoms with Crippen LogP contribution in [0.2, 0.25) is 5.02 Å². The molecule has 1 amide bonds. The predicted molar refractivity (Wildman–Crippen MR) is 119 cm³/mol. The number of benzene rings is 2.